The molecule has 0 amide bonds. The molecule has 0 N–H and O–H groups in total. The highest BCUT2D eigenvalue weighted by Crippen LogP contribution is 2.56. The molecular weight excluding hydrogens is 498 g/mol. The van der Waals surface area contributed by atoms with E-state index in [1.54, 1.807) is 0 Å². The summed E-state index contributed by atoms with van der Waals surface area (Å²) in [6.07, 6.45) is -6.90. The van der Waals surface area contributed by atoms with Gasteiger partial charge < -0.3 is 4.74 Å². The van der Waals surface area contributed by atoms with Crippen molar-refractivity contribution in [2.45, 2.75) is 23.9 Å². The molecule has 0 aliphatic rings. The number of fused-ring (bicyclic) bond motifs is 1. The van der Waals surface area contributed by atoms with E-state index < -0.39 is 38.9 Å². The van der Waals surface area contributed by atoms with Crippen molar-refractivity contribution in [2.75, 3.05) is 7.11 Å². The smallest absolute Gasteiger partial charge is 0.460 e. The van der Waals surface area contributed by atoms with Crippen molar-refractivity contribution in [1.82, 2.24) is 9.97 Å². The molecule has 1 aromatic carbocycles. The SMILES string of the molecule is COc1ccc2nc(C(F)(F)C(F)(F)C(F)(F)C(F)(F)F)c(I)nc2c1. The fraction of sp³-hybridized carbons (Fsp3) is 0.385. The lowest BCUT2D eigenvalue weighted by molar-refractivity contribution is -0.400. The summed E-state index contributed by atoms with van der Waals surface area (Å²) < 4.78 is 122. The van der Waals surface area contributed by atoms with Gasteiger partial charge in [-0.15, -0.1) is 0 Å². The first-order valence-corrected chi connectivity index (χ1v) is 7.46. The van der Waals surface area contributed by atoms with Crippen LogP contribution in [0.15, 0.2) is 18.2 Å². The molecule has 0 saturated heterocycles. The van der Waals surface area contributed by atoms with Crippen molar-refractivity contribution in [3.63, 3.8) is 0 Å². The van der Waals surface area contributed by atoms with E-state index in [9.17, 15) is 39.5 Å². The van der Waals surface area contributed by atoms with Crippen molar-refractivity contribution >= 4 is 33.6 Å². The van der Waals surface area contributed by atoms with E-state index in [0.717, 1.165) is 28.7 Å². The highest BCUT2D eigenvalue weighted by molar-refractivity contribution is 14.1. The zero-order valence-electron chi connectivity index (χ0n) is 12.3. The van der Waals surface area contributed by atoms with Crippen LogP contribution < -0.4 is 4.74 Å². The summed E-state index contributed by atoms with van der Waals surface area (Å²) >= 11 is 0.993. The fourth-order valence-electron chi connectivity index (χ4n) is 1.86. The van der Waals surface area contributed by atoms with Gasteiger partial charge in [0.05, 0.1) is 18.1 Å². The number of nitrogens with zero attached hydrogens (tertiary/aromatic N) is 2. The summed E-state index contributed by atoms with van der Waals surface area (Å²) in [5, 5.41) is 0. The summed E-state index contributed by atoms with van der Waals surface area (Å²) in [7, 11) is 1.27. The van der Waals surface area contributed by atoms with Crippen LogP contribution in [-0.2, 0) is 5.92 Å². The first kappa shape index (κ1) is 20.8. The molecule has 0 spiro atoms. The van der Waals surface area contributed by atoms with E-state index in [0.29, 0.717) is 0 Å². The largest absolute Gasteiger partial charge is 0.497 e. The van der Waals surface area contributed by atoms with E-state index >= 15 is 0 Å². The molecule has 0 fully saturated rings. The van der Waals surface area contributed by atoms with E-state index in [2.05, 4.69) is 9.97 Å². The van der Waals surface area contributed by atoms with Gasteiger partial charge in [0.1, 0.15) is 15.1 Å². The van der Waals surface area contributed by atoms with Crippen molar-refractivity contribution in [2.24, 2.45) is 0 Å². The molecule has 0 radical (unpaired) electrons. The molecule has 0 bridgehead atoms. The second-order valence-electron chi connectivity index (χ2n) is 4.94. The lowest BCUT2D eigenvalue weighted by Gasteiger charge is -2.33. The van der Waals surface area contributed by atoms with E-state index in [-0.39, 0.29) is 11.3 Å². The van der Waals surface area contributed by atoms with Gasteiger partial charge in [-0.1, -0.05) is 0 Å². The Morgan fingerprint density at radius 2 is 1.42 bits per heavy atom. The Balaban J connectivity index is 2.66. The number of halogens is 10. The standard InChI is InChI=1S/C13H6F9IN2O/c1-26-5-2-3-6-7(4-5)25-9(23)8(24-6)10(14,15)11(16,17)12(18,19)13(20,21)22/h2-4H,1H3. The summed E-state index contributed by atoms with van der Waals surface area (Å²) in [5.41, 5.74) is -2.53. The van der Waals surface area contributed by atoms with Gasteiger partial charge >= 0.3 is 23.9 Å². The first-order valence-electron chi connectivity index (χ1n) is 6.38. The Labute approximate surface area is 152 Å². The van der Waals surface area contributed by atoms with Gasteiger partial charge in [-0.2, -0.15) is 39.5 Å². The zero-order chi connectivity index (χ0) is 20.1. The Morgan fingerprint density at radius 1 is 0.846 bits per heavy atom. The van der Waals surface area contributed by atoms with Gasteiger partial charge in [-0.3, -0.25) is 0 Å². The van der Waals surface area contributed by atoms with Crippen molar-refractivity contribution in [1.29, 1.82) is 0 Å². The van der Waals surface area contributed by atoms with Gasteiger partial charge in [0.15, 0.2) is 0 Å². The van der Waals surface area contributed by atoms with Crippen LogP contribution in [0.1, 0.15) is 5.69 Å². The third-order valence-electron chi connectivity index (χ3n) is 3.27. The molecule has 2 rings (SSSR count). The van der Waals surface area contributed by atoms with E-state index in [1.807, 2.05) is 0 Å². The first-order chi connectivity index (χ1) is 11.7. The van der Waals surface area contributed by atoms with Crippen LogP contribution in [-0.4, -0.2) is 35.1 Å². The molecule has 0 saturated carbocycles. The number of benzene rings is 1. The van der Waals surface area contributed by atoms with Gasteiger partial charge in [0, 0.05) is 6.07 Å². The minimum absolute atomic E-state index is 0.112. The van der Waals surface area contributed by atoms with E-state index in [4.69, 9.17) is 4.74 Å². The van der Waals surface area contributed by atoms with Crippen molar-refractivity contribution < 1.29 is 44.3 Å². The quantitative estimate of drug-likeness (QED) is 0.426. The van der Waals surface area contributed by atoms with Crippen LogP contribution in [0.25, 0.3) is 11.0 Å². The highest BCUT2D eigenvalue weighted by Gasteiger charge is 2.82. The molecular formula is C13H6F9IN2O. The van der Waals surface area contributed by atoms with Crippen LogP contribution in [0.5, 0.6) is 5.75 Å². The number of rotatable bonds is 4. The maximum atomic E-state index is 14.0. The Bertz CT molecular complexity index is 838. The Morgan fingerprint density at radius 3 is 1.92 bits per heavy atom. The van der Waals surface area contributed by atoms with Gasteiger partial charge in [0.25, 0.3) is 0 Å². The maximum absolute atomic E-state index is 14.0. The van der Waals surface area contributed by atoms with Crippen LogP contribution >= 0.6 is 22.6 Å². The second kappa shape index (κ2) is 6.27. The topological polar surface area (TPSA) is 35.0 Å². The molecule has 1 aromatic heterocycles. The van der Waals surface area contributed by atoms with Crippen LogP contribution in [0.4, 0.5) is 39.5 Å². The zero-order valence-corrected chi connectivity index (χ0v) is 14.5. The predicted octanol–water partition coefficient (Wildman–Crippen LogP) is 5.17. The van der Waals surface area contributed by atoms with Gasteiger partial charge in [0.2, 0.25) is 0 Å². The molecule has 26 heavy (non-hydrogen) atoms. The summed E-state index contributed by atoms with van der Waals surface area (Å²) in [6, 6.07) is 3.39. The normalized spacial score (nSPS) is 14.0. The number of hydrogen-bond donors (Lipinski definition) is 0. The molecule has 2 aromatic rings. The third-order valence-corrected chi connectivity index (χ3v) is 4.02. The fourth-order valence-corrected chi connectivity index (χ4v) is 2.58. The second-order valence-corrected chi connectivity index (χ2v) is 5.96. The Kier molecular flexibility index (Phi) is 5.00. The lowest BCUT2D eigenvalue weighted by atomic mass is 10.0. The van der Waals surface area contributed by atoms with E-state index in [1.165, 1.54) is 19.2 Å². The predicted molar refractivity (Wildman–Crippen MR) is 78.6 cm³/mol. The third kappa shape index (κ3) is 3.03. The Hall–Kier alpha value is -1.54. The average Bonchev–Trinajstić information content (AvgIpc) is 2.51. The van der Waals surface area contributed by atoms with Gasteiger partial charge in [-0.05, 0) is 34.7 Å². The number of hydrogen-bond acceptors (Lipinski definition) is 3. The molecule has 13 heteroatoms. The van der Waals surface area contributed by atoms with Crippen LogP contribution in [0.3, 0.4) is 0 Å². The molecule has 144 valence electrons. The summed E-state index contributed by atoms with van der Waals surface area (Å²) in [4.78, 5) is 6.64. The minimum atomic E-state index is -7.00. The van der Waals surface area contributed by atoms with Crippen molar-refractivity contribution in [3.05, 3.63) is 27.6 Å². The summed E-state index contributed by atoms with van der Waals surface area (Å²) in [5.74, 6) is -19.5. The van der Waals surface area contributed by atoms with Crippen LogP contribution in [0, 0.1) is 3.70 Å². The molecule has 0 unspecified atom stereocenters. The average molecular weight is 504 g/mol. The number of alkyl halides is 9. The van der Waals surface area contributed by atoms with Gasteiger partial charge in [-0.25, -0.2) is 9.97 Å². The molecule has 3 nitrogen and oxygen atoms in total. The molecule has 0 atom stereocenters. The molecule has 0 aliphatic carbocycles. The van der Waals surface area contributed by atoms with Crippen LogP contribution in [0.2, 0.25) is 0 Å². The maximum Gasteiger partial charge on any atom is 0.460 e. The number of aromatic nitrogens is 2. The minimum Gasteiger partial charge on any atom is -0.497 e. The lowest BCUT2D eigenvalue weighted by Crippen LogP contribution is -2.60. The molecule has 0 aliphatic heterocycles. The molecule has 1 heterocycles. The number of methoxy groups -OCH3 is 1. The summed E-state index contributed by atoms with van der Waals surface area (Å²) in [6.45, 7) is 0. The highest BCUT2D eigenvalue weighted by atomic mass is 127. The number of ether oxygens (including phenoxy) is 1. The monoisotopic (exact) mass is 504 g/mol. The van der Waals surface area contributed by atoms with Crippen molar-refractivity contribution in [3.8, 4) is 5.75 Å².